The summed E-state index contributed by atoms with van der Waals surface area (Å²) >= 11 is 7.08. The third-order valence-electron chi connectivity index (χ3n) is 6.31. The molecule has 3 amide bonds. The highest BCUT2D eigenvalue weighted by atomic mass is 35.5. The van der Waals surface area contributed by atoms with Crippen molar-refractivity contribution in [2.75, 3.05) is 49.6 Å². The van der Waals surface area contributed by atoms with Crippen LogP contribution in [0.3, 0.4) is 0 Å². The molecule has 2 aromatic rings. The van der Waals surface area contributed by atoms with Gasteiger partial charge in [0.1, 0.15) is 12.6 Å². The van der Waals surface area contributed by atoms with E-state index in [0.29, 0.717) is 28.2 Å². The molecule has 1 aliphatic carbocycles. The molecule has 1 saturated carbocycles. The van der Waals surface area contributed by atoms with Crippen molar-refractivity contribution in [3.8, 4) is 5.75 Å². The van der Waals surface area contributed by atoms with Crippen molar-refractivity contribution in [1.29, 1.82) is 0 Å². The number of rotatable bonds is 12. The first-order chi connectivity index (χ1) is 18.2. The summed E-state index contributed by atoms with van der Waals surface area (Å²) in [4.78, 5) is 42.1. The highest BCUT2D eigenvalue weighted by Crippen LogP contribution is 2.34. The monoisotopic (exact) mass is 570 g/mol. The van der Waals surface area contributed by atoms with Crippen LogP contribution in [0.15, 0.2) is 30.3 Å². The van der Waals surface area contributed by atoms with Gasteiger partial charge in [-0.2, -0.15) is 8.78 Å². The Labute approximate surface area is 228 Å². The number of hydrogen-bond donors (Lipinski definition) is 2. The SMILES string of the molecule is CCN(CC1CC1)[C@@H](CNC(=O)c1ccc(Cl)s1)C(=O)Nc1ccc(N2CCOCC2=O)c(OC(F)F)c1. The summed E-state index contributed by atoms with van der Waals surface area (Å²) in [5.41, 5.74) is 0.387. The second-order valence-corrected chi connectivity index (χ2v) is 10.7. The maximum absolute atomic E-state index is 13.4. The van der Waals surface area contributed by atoms with Gasteiger partial charge in [0, 0.05) is 31.4 Å². The van der Waals surface area contributed by atoms with Gasteiger partial charge in [-0.25, -0.2) is 0 Å². The minimum absolute atomic E-state index is 0.0432. The van der Waals surface area contributed by atoms with Gasteiger partial charge < -0.3 is 25.0 Å². The average molecular weight is 571 g/mol. The summed E-state index contributed by atoms with van der Waals surface area (Å²) in [6.07, 6.45) is 2.17. The lowest BCUT2D eigenvalue weighted by Crippen LogP contribution is -2.51. The first kappa shape index (κ1) is 28.2. The van der Waals surface area contributed by atoms with E-state index in [9.17, 15) is 23.2 Å². The molecular formula is C25H29ClF2N4O5S. The Hall–Kier alpha value is -2.80. The molecule has 1 aromatic carbocycles. The number of ether oxygens (including phenoxy) is 2. The van der Waals surface area contributed by atoms with Gasteiger partial charge >= 0.3 is 6.61 Å². The number of nitrogens with one attached hydrogen (secondary N) is 2. The van der Waals surface area contributed by atoms with Gasteiger partial charge in [0.05, 0.1) is 21.5 Å². The van der Waals surface area contributed by atoms with E-state index in [2.05, 4.69) is 10.6 Å². The van der Waals surface area contributed by atoms with Crippen LogP contribution in [0.5, 0.6) is 5.75 Å². The number of halogens is 3. The fourth-order valence-electron chi connectivity index (χ4n) is 4.21. The highest BCUT2D eigenvalue weighted by Gasteiger charge is 2.32. The quantitative estimate of drug-likeness (QED) is 0.402. The molecule has 1 saturated heterocycles. The fourth-order valence-corrected chi connectivity index (χ4v) is 5.17. The van der Waals surface area contributed by atoms with Crippen LogP contribution in [0.1, 0.15) is 29.4 Å². The number of thiophene rings is 1. The van der Waals surface area contributed by atoms with E-state index in [-0.39, 0.29) is 55.2 Å². The summed E-state index contributed by atoms with van der Waals surface area (Å²) in [5, 5.41) is 5.58. The van der Waals surface area contributed by atoms with E-state index < -0.39 is 18.6 Å². The third-order valence-corrected chi connectivity index (χ3v) is 7.54. The van der Waals surface area contributed by atoms with Crippen LogP contribution in [-0.2, 0) is 14.3 Å². The van der Waals surface area contributed by atoms with Crippen molar-refractivity contribution < 1.29 is 32.6 Å². The predicted molar refractivity (Wildman–Crippen MR) is 140 cm³/mol. The van der Waals surface area contributed by atoms with Crippen molar-refractivity contribution in [2.45, 2.75) is 32.4 Å². The minimum Gasteiger partial charge on any atom is -0.433 e. The van der Waals surface area contributed by atoms with Gasteiger partial charge in [-0.05, 0) is 49.6 Å². The fraction of sp³-hybridized carbons (Fsp3) is 0.480. The van der Waals surface area contributed by atoms with Gasteiger partial charge in [-0.15, -0.1) is 11.3 Å². The molecule has 0 bridgehead atoms. The molecule has 9 nitrogen and oxygen atoms in total. The Morgan fingerprint density at radius 2 is 2.08 bits per heavy atom. The van der Waals surface area contributed by atoms with Crippen molar-refractivity contribution in [3.63, 3.8) is 0 Å². The smallest absolute Gasteiger partial charge is 0.387 e. The Morgan fingerprint density at radius 1 is 1.29 bits per heavy atom. The van der Waals surface area contributed by atoms with E-state index >= 15 is 0 Å². The Balaban J connectivity index is 1.52. The number of nitrogens with zero attached hydrogens (tertiary/aromatic N) is 2. The van der Waals surface area contributed by atoms with E-state index in [1.54, 1.807) is 12.1 Å². The van der Waals surface area contributed by atoms with Crippen LogP contribution < -0.4 is 20.3 Å². The summed E-state index contributed by atoms with van der Waals surface area (Å²) in [6, 6.07) is 6.78. The van der Waals surface area contributed by atoms with Crippen LogP contribution in [0.25, 0.3) is 0 Å². The third kappa shape index (κ3) is 7.40. The summed E-state index contributed by atoms with van der Waals surface area (Å²) in [6.45, 7) is 0.420. The molecule has 2 N–H and O–H groups in total. The summed E-state index contributed by atoms with van der Waals surface area (Å²) in [5.74, 6) is -0.871. The molecule has 13 heteroatoms. The number of anilines is 2. The van der Waals surface area contributed by atoms with E-state index in [0.717, 1.165) is 24.2 Å². The number of benzene rings is 1. The first-order valence-corrected chi connectivity index (χ1v) is 13.5. The normalized spacial score (nSPS) is 16.6. The molecule has 38 heavy (non-hydrogen) atoms. The van der Waals surface area contributed by atoms with Crippen LogP contribution >= 0.6 is 22.9 Å². The number of carbonyl (C=O) groups excluding carboxylic acids is 3. The summed E-state index contributed by atoms with van der Waals surface area (Å²) < 4.78 is 36.7. The summed E-state index contributed by atoms with van der Waals surface area (Å²) in [7, 11) is 0. The predicted octanol–water partition coefficient (Wildman–Crippen LogP) is 3.84. The van der Waals surface area contributed by atoms with E-state index in [4.69, 9.17) is 21.1 Å². The number of amides is 3. The second-order valence-electron chi connectivity index (χ2n) is 9.01. The van der Waals surface area contributed by atoms with Crippen molar-refractivity contribution in [1.82, 2.24) is 10.2 Å². The molecule has 1 atom stereocenters. The van der Waals surface area contributed by atoms with Crippen molar-refractivity contribution in [3.05, 3.63) is 39.5 Å². The number of hydrogen-bond acceptors (Lipinski definition) is 7. The van der Waals surface area contributed by atoms with E-state index in [1.165, 1.54) is 23.1 Å². The molecule has 0 unspecified atom stereocenters. The zero-order valence-electron chi connectivity index (χ0n) is 20.8. The van der Waals surface area contributed by atoms with Gasteiger partial charge in [0.2, 0.25) is 5.91 Å². The lowest BCUT2D eigenvalue weighted by atomic mass is 10.1. The van der Waals surface area contributed by atoms with Crippen LogP contribution in [-0.4, -0.2) is 74.7 Å². The standard InChI is InChI=1S/C25H29ClF2N4O5S/c1-2-31(13-15-3-4-15)18(12-29-24(35)20-7-8-21(26)38-20)23(34)30-16-5-6-17(19(11-16)37-25(27)28)32-9-10-36-14-22(32)33/h5-8,11,15,18,25H,2-4,9-10,12-14H2,1H3,(H,29,35)(H,30,34)/t18-/m0/s1. The molecule has 206 valence electrons. The van der Waals surface area contributed by atoms with E-state index in [1.807, 2.05) is 11.8 Å². The zero-order chi connectivity index (χ0) is 27.2. The number of likely N-dealkylation sites (N-methyl/N-ethyl adjacent to an activating group) is 1. The largest absolute Gasteiger partial charge is 0.433 e. The maximum atomic E-state index is 13.4. The molecule has 1 aromatic heterocycles. The van der Waals surface area contributed by atoms with Gasteiger partial charge in [0.25, 0.3) is 11.8 Å². The van der Waals surface area contributed by atoms with Crippen LogP contribution in [0.4, 0.5) is 20.2 Å². The molecular weight excluding hydrogens is 542 g/mol. The highest BCUT2D eigenvalue weighted by molar-refractivity contribution is 7.18. The topological polar surface area (TPSA) is 100 Å². The van der Waals surface area contributed by atoms with Crippen LogP contribution in [0.2, 0.25) is 4.34 Å². The second kappa shape index (κ2) is 12.8. The first-order valence-electron chi connectivity index (χ1n) is 12.3. The van der Waals surface area contributed by atoms with Crippen LogP contribution in [0, 0.1) is 5.92 Å². The maximum Gasteiger partial charge on any atom is 0.387 e. The van der Waals surface area contributed by atoms with Gasteiger partial charge in [-0.1, -0.05) is 18.5 Å². The lowest BCUT2D eigenvalue weighted by Gasteiger charge is -2.30. The number of morpholine rings is 1. The minimum atomic E-state index is -3.13. The average Bonchev–Trinajstić information content (AvgIpc) is 3.60. The lowest BCUT2D eigenvalue weighted by molar-refractivity contribution is -0.126. The Kier molecular flexibility index (Phi) is 9.53. The van der Waals surface area contributed by atoms with Gasteiger partial charge in [0.15, 0.2) is 5.75 Å². The zero-order valence-corrected chi connectivity index (χ0v) is 22.3. The van der Waals surface area contributed by atoms with Gasteiger partial charge in [-0.3, -0.25) is 19.3 Å². The molecule has 2 fully saturated rings. The molecule has 4 rings (SSSR count). The Morgan fingerprint density at radius 3 is 2.71 bits per heavy atom. The molecule has 1 aliphatic heterocycles. The number of alkyl halides is 2. The van der Waals surface area contributed by atoms with Crippen molar-refractivity contribution >= 4 is 52.0 Å². The molecule has 0 radical (unpaired) electrons. The van der Waals surface area contributed by atoms with Crippen molar-refractivity contribution in [2.24, 2.45) is 5.92 Å². The molecule has 0 spiro atoms. The molecule has 2 heterocycles. The Bertz CT molecular complexity index is 1160. The number of carbonyl (C=O) groups is 3. The molecule has 2 aliphatic rings.